The lowest BCUT2D eigenvalue weighted by atomic mass is 9.95. The Morgan fingerprint density at radius 3 is 2.70 bits per heavy atom. The Morgan fingerprint density at radius 2 is 1.98 bits per heavy atom. The quantitative estimate of drug-likeness (QED) is 0.240. The highest BCUT2D eigenvalue weighted by Crippen LogP contribution is 2.47. The van der Waals surface area contributed by atoms with E-state index in [0.717, 1.165) is 44.4 Å². The van der Waals surface area contributed by atoms with E-state index in [1.165, 1.54) is 0 Å². The number of hydrogen-bond donors (Lipinski definition) is 2. The van der Waals surface area contributed by atoms with E-state index in [0.29, 0.717) is 31.7 Å². The minimum atomic E-state index is -4.94. The molecule has 9 nitrogen and oxygen atoms in total. The minimum Gasteiger partial charge on any atom is -0.477 e. The standard InChI is InChI=1S/C31H35ClF5N7O2/c1-16-4-9-45-27-21-25(23(34)24(40-27)19-10-18(38)11-20(32)22(19)31(35,36)37)41-28(42-26(21)44(16)14-29(39-2)6-7-29)46-15-30-5-3-8-43(30)13-17(33)12-30/h10-11,16-17,39H,3-9,12-15,38H2,1-2H3/t16-,17-,30+/m1/s1. The van der Waals surface area contributed by atoms with Gasteiger partial charge in [0.05, 0.1) is 22.7 Å². The van der Waals surface area contributed by atoms with Crippen molar-refractivity contribution < 1.29 is 31.4 Å². The molecule has 2 aromatic heterocycles. The third-order valence-electron chi connectivity index (χ3n) is 10.0. The molecule has 0 radical (unpaired) electrons. The summed E-state index contributed by atoms with van der Waals surface area (Å²) in [4.78, 5) is 17.6. The normalized spacial score (nSPS) is 25.7. The van der Waals surface area contributed by atoms with E-state index in [1.807, 2.05) is 18.9 Å². The van der Waals surface area contributed by atoms with Gasteiger partial charge in [-0.25, -0.2) is 13.8 Å². The lowest BCUT2D eigenvalue weighted by molar-refractivity contribution is -0.137. The number of benzene rings is 1. The van der Waals surface area contributed by atoms with Crippen LogP contribution >= 0.6 is 11.6 Å². The van der Waals surface area contributed by atoms with Gasteiger partial charge in [-0.1, -0.05) is 11.6 Å². The van der Waals surface area contributed by atoms with Crippen molar-refractivity contribution in [1.82, 2.24) is 25.2 Å². The molecule has 1 aliphatic carbocycles. The highest BCUT2D eigenvalue weighted by atomic mass is 35.5. The molecule has 3 N–H and O–H groups in total. The molecule has 46 heavy (non-hydrogen) atoms. The summed E-state index contributed by atoms with van der Waals surface area (Å²) in [5, 5.41) is 2.82. The Balaban J connectivity index is 1.43. The summed E-state index contributed by atoms with van der Waals surface area (Å²) in [7, 11) is 1.89. The van der Waals surface area contributed by atoms with Crippen LogP contribution in [0.1, 0.15) is 51.0 Å². The smallest absolute Gasteiger partial charge is 0.418 e. The fourth-order valence-corrected chi connectivity index (χ4v) is 7.63. The number of nitrogens with zero attached hydrogens (tertiary/aromatic N) is 5. The maximum atomic E-state index is 16.8. The topological polar surface area (TPSA) is 102 Å². The Hall–Kier alpha value is -3.23. The number of aromatic nitrogens is 3. The number of hydrogen-bond acceptors (Lipinski definition) is 9. The second-order valence-electron chi connectivity index (χ2n) is 13.1. The molecule has 3 aromatic rings. The molecule has 0 spiro atoms. The summed E-state index contributed by atoms with van der Waals surface area (Å²) in [6.07, 6.45) is -1.61. The molecule has 7 rings (SSSR count). The van der Waals surface area contributed by atoms with Gasteiger partial charge in [0.15, 0.2) is 5.82 Å². The maximum absolute atomic E-state index is 16.8. The van der Waals surface area contributed by atoms with Gasteiger partial charge in [-0.15, -0.1) is 0 Å². The van der Waals surface area contributed by atoms with Crippen LogP contribution in [0.5, 0.6) is 11.9 Å². The van der Waals surface area contributed by atoms with E-state index in [-0.39, 0.29) is 53.3 Å². The molecule has 0 unspecified atom stereocenters. The van der Waals surface area contributed by atoms with Crippen molar-refractivity contribution >= 4 is 34.0 Å². The monoisotopic (exact) mass is 667 g/mol. The van der Waals surface area contributed by atoms with Gasteiger partial charge in [-0.05, 0) is 58.3 Å². The summed E-state index contributed by atoms with van der Waals surface area (Å²) < 4.78 is 86.3. The molecule has 0 amide bonds. The summed E-state index contributed by atoms with van der Waals surface area (Å²) in [5.74, 6) is -0.933. The van der Waals surface area contributed by atoms with Gasteiger partial charge in [0.1, 0.15) is 35.2 Å². The zero-order chi connectivity index (χ0) is 32.6. The predicted molar refractivity (Wildman–Crippen MR) is 164 cm³/mol. The van der Waals surface area contributed by atoms with Crippen LogP contribution in [-0.4, -0.2) is 83.0 Å². The van der Waals surface area contributed by atoms with Gasteiger partial charge >= 0.3 is 12.2 Å². The zero-order valence-corrected chi connectivity index (χ0v) is 26.2. The third-order valence-corrected chi connectivity index (χ3v) is 10.3. The number of pyridine rings is 1. The summed E-state index contributed by atoms with van der Waals surface area (Å²) in [6, 6.07) is 1.67. The average molecular weight is 668 g/mol. The van der Waals surface area contributed by atoms with Crippen molar-refractivity contribution in [3.05, 3.63) is 28.5 Å². The van der Waals surface area contributed by atoms with Crippen molar-refractivity contribution in [3.63, 3.8) is 0 Å². The largest absolute Gasteiger partial charge is 0.477 e. The van der Waals surface area contributed by atoms with Gasteiger partial charge in [0, 0.05) is 48.8 Å². The number of ether oxygens (including phenoxy) is 2. The Labute approximate surface area is 267 Å². The van der Waals surface area contributed by atoms with Crippen LogP contribution in [0.15, 0.2) is 12.1 Å². The molecule has 3 atom stereocenters. The van der Waals surface area contributed by atoms with Crippen molar-refractivity contribution in [2.45, 2.75) is 74.9 Å². The SMILES string of the molecule is CNC1(CN2c3nc(OC[C@@]45CCCN4C[C@H](F)C5)nc4c(F)c(-c5cc(N)cc(Cl)c5C(F)(F)F)nc(c34)OCC[C@H]2C)CC1. The van der Waals surface area contributed by atoms with Crippen LogP contribution in [0.3, 0.4) is 0 Å². The lowest BCUT2D eigenvalue weighted by Crippen LogP contribution is -2.47. The second kappa shape index (κ2) is 11.2. The van der Waals surface area contributed by atoms with E-state index in [4.69, 9.17) is 31.8 Å². The molecule has 248 valence electrons. The molecule has 5 heterocycles. The Kier molecular flexibility index (Phi) is 7.63. The van der Waals surface area contributed by atoms with Gasteiger partial charge in [0.2, 0.25) is 5.88 Å². The molecule has 15 heteroatoms. The number of nitrogens with one attached hydrogen (secondary N) is 1. The molecule has 4 aliphatic rings. The van der Waals surface area contributed by atoms with Crippen LogP contribution in [0.25, 0.3) is 22.2 Å². The fraction of sp³-hybridized carbons (Fsp3) is 0.581. The van der Waals surface area contributed by atoms with Crippen molar-refractivity contribution in [1.29, 1.82) is 0 Å². The summed E-state index contributed by atoms with van der Waals surface area (Å²) in [5.41, 5.74) is 2.19. The molecule has 1 saturated carbocycles. The van der Waals surface area contributed by atoms with E-state index in [2.05, 4.69) is 20.2 Å². The second-order valence-corrected chi connectivity index (χ2v) is 13.5. The van der Waals surface area contributed by atoms with E-state index in [9.17, 15) is 17.6 Å². The number of halogens is 6. The number of alkyl halides is 4. The van der Waals surface area contributed by atoms with Gasteiger partial charge in [0.25, 0.3) is 0 Å². The number of anilines is 2. The molecular weight excluding hydrogens is 633 g/mol. The average Bonchev–Trinajstić information content (AvgIpc) is 3.56. The molecular formula is C31H35ClF5N7O2. The third kappa shape index (κ3) is 5.35. The molecule has 2 saturated heterocycles. The number of fused-ring (bicyclic) bond motifs is 1. The van der Waals surface area contributed by atoms with Crippen molar-refractivity contribution in [2.24, 2.45) is 0 Å². The molecule has 3 fully saturated rings. The maximum Gasteiger partial charge on any atom is 0.418 e. The van der Waals surface area contributed by atoms with Gasteiger partial charge in [-0.3, -0.25) is 4.90 Å². The Bertz CT molecular complexity index is 1690. The van der Waals surface area contributed by atoms with E-state index >= 15 is 4.39 Å². The zero-order valence-electron chi connectivity index (χ0n) is 25.5. The van der Waals surface area contributed by atoms with Crippen LogP contribution < -0.4 is 25.4 Å². The Morgan fingerprint density at radius 1 is 1.20 bits per heavy atom. The van der Waals surface area contributed by atoms with Crippen LogP contribution in [-0.2, 0) is 6.18 Å². The highest BCUT2D eigenvalue weighted by molar-refractivity contribution is 6.32. The first-order chi connectivity index (χ1) is 21.8. The van der Waals surface area contributed by atoms with E-state index in [1.54, 1.807) is 0 Å². The summed E-state index contributed by atoms with van der Waals surface area (Å²) >= 11 is 6.03. The number of nitrogen functional groups attached to an aromatic ring is 1. The minimum absolute atomic E-state index is 0.0837. The molecule has 0 bridgehead atoms. The highest BCUT2D eigenvalue weighted by Gasteiger charge is 2.50. The number of rotatable bonds is 7. The molecule has 1 aromatic carbocycles. The first kappa shape index (κ1) is 31.4. The van der Waals surface area contributed by atoms with Crippen molar-refractivity contribution in [2.75, 3.05) is 50.5 Å². The number of nitrogens with two attached hydrogens (primary N) is 1. The lowest BCUT2D eigenvalue weighted by Gasteiger charge is -2.36. The van der Waals surface area contributed by atoms with Crippen LogP contribution in [0, 0.1) is 5.82 Å². The van der Waals surface area contributed by atoms with Gasteiger partial charge in [-0.2, -0.15) is 23.1 Å². The van der Waals surface area contributed by atoms with Crippen LogP contribution in [0.4, 0.5) is 33.5 Å². The van der Waals surface area contributed by atoms with Crippen molar-refractivity contribution in [3.8, 4) is 23.1 Å². The van der Waals surface area contributed by atoms with E-state index < -0.39 is 45.5 Å². The first-order valence-corrected chi connectivity index (χ1v) is 15.9. The predicted octanol–water partition coefficient (Wildman–Crippen LogP) is 5.77. The fourth-order valence-electron chi connectivity index (χ4n) is 7.29. The molecule has 3 aliphatic heterocycles. The van der Waals surface area contributed by atoms with Gasteiger partial charge < -0.3 is 25.4 Å². The number of likely N-dealkylation sites (N-methyl/N-ethyl adjacent to an activating group) is 1. The first-order valence-electron chi connectivity index (χ1n) is 15.5. The van der Waals surface area contributed by atoms with Crippen LogP contribution in [0.2, 0.25) is 5.02 Å². The summed E-state index contributed by atoms with van der Waals surface area (Å²) in [6.45, 7) is 3.86.